The van der Waals surface area contributed by atoms with E-state index in [4.69, 9.17) is 9.78 Å². The van der Waals surface area contributed by atoms with Crippen molar-refractivity contribution in [2.24, 2.45) is 4.99 Å². The monoisotopic (exact) mass is 344 g/mol. The molecule has 1 saturated heterocycles. The molecule has 7 nitrogen and oxygen atoms in total. The Morgan fingerprint density at radius 1 is 1.48 bits per heavy atom. The Balaban J connectivity index is 1.51. The smallest absolute Gasteiger partial charge is 0.204 e. The topological polar surface area (TPSA) is 89.5 Å². The van der Waals surface area contributed by atoms with Crippen LogP contribution in [0.3, 0.4) is 0 Å². The van der Waals surface area contributed by atoms with Gasteiger partial charge in [-0.05, 0) is 38.1 Å². The van der Waals surface area contributed by atoms with Crippen molar-refractivity contribution in [3.8, 4) is 6.19 Å². The van der Waals surface area contributed by atoms with Crippen molar-refractivity contribution in [1.29, 1.82) is 5.26 Å². The van der Waals surface area contributed by atoms with Gasteiger partial charge in [0.05, 0.1) is 5.69 Å². The lowest BCUT2D eigenvalue weighted by atomic mass is 9.91. The summed E-state index contributed by atoms with van der Waals surface area (Å²) in [6.45, 7) is 3.53. The van der Waals surface area contributed by atoms with Crippen molar-refractivity contribution in [3.05, 3.63) is 29.7 Å². The van der Waals surface area contributed by atoms with Gasteiger partial charge in [0.25, 0.3) is 0 Å². The molecule has 132 valence electrons. The molecule has 2 N–H and O–H groups in total. The predicted molar refractivity (Wildman–Crippen MR) is 92.5 cm³/mol. The van der Waals surface area contributed by atoms with Gasteiger partial charge >= 0.3 is 0 Å². The number of rotatable bonds is 4. The summed E-state index contributed by atoms with van der Waals surface area (Å²) in [6.07, 6.45) is 3.83. The van der Waals surface area contributed by atoms with Crippen LogP contribution in [-0.2, 0) is 0 Å². The molecule has 1 fully saturated rings. The van der Waals surface area contributed by atoms with Gasteiger partial charge in [0, 0.05) is 37.5 Å². The summed E-state index contributed by atoms with van der Waals surface area (Å²) in [5, 5.41) is 19.3. The van der Waals surface area contributed by atoms with Crippen molar-refractivity contribution in [1.82, 2.24) is 20.7 Å². The Kier molecular flexibility index (Phi) is 5.46. The standard InChI is InChI=1S/C17H21FN6O/c1-20-17(22-11-19)21-6-9-24-7-4-12(5-8-24)16-14-3-2-13(18)10-15(14)25-23-16/h2-3,10,12H,4-9H2,1H3,(H2,20,21,22). The molecular weight excluding hydrogens is 323 g/mol. The highest BCUT2D eigenvalue weighted by Gasteiger charge is 2.24. The highest BCUT2D eigenvalue weighted by Crippen LogP contribution is 2.32. The van der Waals surface area contributed by atoms with Gasteiger partial charge < -0.3 is 14.7 Å². The zero-order valence-corrected chi connectivity index (χ0v) is 14.1. The Hall–Kier alpha value is -2.66. The summed E-state index contributed by atoms with van der Waals surface area (Å²) in [5.41, 5.74) is 1.45. The molecule has 2 aromatic rings. The number of likely N-dealkylation sites (tertiary alicyclic amines) is 1. The average Bonchev–Trinajstić information content (AvgIpc) is 3.04. The molecule has 0 spiro atoms. The van der Waals surface area contributed by atoms with Gasteiger partial charge in [-0.2, -0.15) is 5.26 Å². The number of piperidine rings is 1. The second kappa shape index (κ2) is 7.94. The van der Waals surface area contributed by atoms with Crippen LogP contribution in [0.25, 0.3) is 11.0 Å². The Morgan fingerprint density at radius 2 is 2.28 bits per heavy atom. The molecule has 0 amide bonds. The van der Waals surface area contributed by atoms with Gasteiger partial charge in [-0.25, -0.2) is 4.39 Å². The van der Waals surface area contributed by atoms with Crippen LogP contribution in [0.15, 0.2) is 27.7 Å². The van der Waals surface area contributed by atoms with E-state index in [2.05, 4.69) is 25.7 Å². The van der Waals surface area contributed by atoms with Crippen LogP contribution >= 0.6 is 0 Å². The fourth-order valence-electron chi connectivity index (χ4n) is 3.22. The van der Waals surface area contributed by atoms with Crippen molar-refractivity contribution < 1.29 is 8.91 Å². The normalized spacial score (nSPS) is 16.8. The molecule has 3 rings (SSSR count). The maximum Gasteiger partial charge on any atom is 0.204 e. The Bertz CT molecular complexity index is 788. The van der Waals surface area contributed by atoms with Gasteiger partial charge in [-0.15, -0.1) is 0 Å². The molecular formula is C17H21FN6O. The summed E-state index contributed by atoms with van der Waals surface area (Å²) in [5.74, 6) is 0.515. The van der Waals surface area contributed by atoms with E-state index in [1.165, 1.54) is 12.1 Å². The lowest BCUT2D eigenvalue weighted by Crippen LogP contribution is -2.42. The van der Waals surface area contributed by atoms with E-state index in [1.54, 1.807) is 13.1 Å². The number of hydrogen-bond acceptors (Lipinski definition) is 5. The number of nitrogens with one attached hydrogen (secondary N) is 2. The maximum atomic E-state index is 13.3. The zero-order valence-electron chi connectivity index (χ0n) is 14.1. The third-order valence-corrected chi connectivity index (χ3v) is 4.55. The van der Waals surface area contributed by atoms with Crippen LogP contribution in [0.1, 0.15) is 24.5 Å². The van der Waals surface area contributed by atoms with E-state index in [0.717, 1.165) is 50.1 Å². The fraction of sp³-hybridized carbons (Fsp3) is 0.471. The van der Waals surface area contributed by atoms with Gasteiger partial charge in [0.15, 0.2) is 11.8 Å². The number of hydrogen-bond donors (Lipinski definition) is 2. The molecule has 0 aliphatic carbocycles. The minimum atomic E-state index is -0.307. The minimum absolute atomic E-state index is 0.307. The SMILES string of the molecule is C/N=C(\NC#N)NCCN1CCC(c2noc3cc(F)ccc23)CC1. The van der Waals surface area contributed by atoms with Crippen LogP contribution in [0.5, 0.6) is 0 Å². The number of fused-ring (bicyclic) bond motifs is 1. The molecule has 1 aliphatic rings. The first-order valence-electron chi connectivity index (χ1n) is 8.34. The predicted octanol–water partition coefficient (Wildman–Crippen LogP) is 1.79. The van der Waals surface area contributed by atoms with Crippen LogP contribution in [-0.4, -0.2) is 49.2 Å². The van der Waals surface area contributed by atoms with Crippen molar-refractivity contribution >= 4 is 16.9 Å². The first kappa shape index (κ1) is 17.2. The summed E-state index contributed by atoms with van der Waals surface area (Å²) in [4.78, 5) is 6.32. The van der Waals surface area contributed by atoms with E-state index in [-0.39, 0.29) is 5.82 Å². The number of nitrogens with zero attached hydrogens (tertiary/aromatic N) is 4. The number of benzene rings is 1. The molecule has 1 aromatic heterocycles. The second-order valence-electron chi connectivity index (χ2n) is 6.06. The van der Waals surface area contributed by atoms with E-state index >= 15 is 0 Å². The number of aromatic nitrogens is 1. The molecule has 1 aliphatic heterocycles. The first-order chi connectivity index (χ1) is 12.2. The second-order valence-corrected chi connectivity index (χ2v) is 6.06. The molecule has 2 heterocycles. The fourth-order valence-corrected chi connectivity index (χ4v) is 3.22. The molecule has 0 unspecified atom stereocenters. The summed E-state index contributed by atoms with van der Waals surface area (Å²) < 4.78 is 18.5. The van der Waals surface area contributed by atoms with E-state index in [0.29, 0.717) is 17.5 Å². The third kappa shape index (κ3) is 4.06. The molecule has 8 heteroatoms. The number of guanidine groups is 1. The van der Waals surface area contributed by atoms with Crippen molar-refractivity contribution in [2.45, 2.75) is 18.8 Å². The van der Waals surface area contributed by atoms with Crippen LogP contribution in [0.4, 0.5) is 4.39 Å². The summed E-state index contributed by atoms with van der Waals surface area (Å²) >= 11 is 0. The quantitative estimate of drug-likeness (QED) is 0.380. The highest BCUT2D eigenvalue weighted by molar-refractivity contribution is 5.81. The van der Waals surface area contributed by atoms with Crippen LogP contribution in [0.2, 0.25) is 0 Å². The van der Waals surface area contributed by atoms with E-state index in [9.17, 15) is 4.39 Å². The first-order valence-corrected chi connectivity index (χ1v) is 8.34. The van der Waals surface area contributed by atoms with Gasteiger partial charge in [0.1, 0.15) is 5.82 Å². The average molecular weight is 344 g/mol. The van der Waals surface area contributed by atoms with Crippen molar-refractivity contribution in [3.63, 3.8) is 0 Å². The maximum absolute atomic E-state index is 13.3. The lowest BCUT2D eigenvalue weighted by Gasteiger charge is -2.31. The molecule has 1 aromatic carbocycles. The third-order valence-electron chi connectivity index (χ3n) is 4.55. The van der Waals surface area contributed by atoms with E-state index in [1.807, 2.05) is 6.19 Å². The molecule has 0 saturated carbocycles. The zero-order chi connectivity index (χ0) is 17.6. The van der Waals surface area contributed by atoms with Crippen LogP contribution in [0, 0.1) is 17.3 Å². The molecule has 0 bridgehead atoms. The minimum Gasteiger partial charge on any atom is -0.356 e. The van der Waals surface area contributed by atoms with Crippen molar-refractivity contribution in [2.75, 3.05) is 33.2 Å². The molecule has 25 heavy (non-hydrogen) atoms. The summed E-state index contributed by atoms with van der Waals surface area (Å²) in [6, 6.07) is 4.58. The Morgan fingerprint density at radius 3 is 3.00 bits per heavy atom. The number of halogens is 1. The summed E-state index contributed by atoms with van der Waals surface area (Å²) in [7, 11) is 1.63. The van der Waals surface area contributed by atoms with Gasteiger partial charge in [-0.3, -0.25) is 10.3 Å². The molecule has 0 radical (unpaired) electrons. The Labute approximate surface area is 145 Å². The van der Waals surface area contributed by atoms with Gasteiger partial charge in [-0.1, -0.05) is 5.16 Å². The van der Waals surface area contributed by atoms with E-state index < -0.39 is 0 Å². The number of nitriles is 1. The highest BCUT2D eigenvalue weighted by atomic mass is 19.1. The largest absolute Gasteiger partial charge is 0.356 e. The molecule has 0 atom stereocenters. The lowest BCUT2D eigenvalue weighted by molar-refractivity contribution is 0.212. The van der Waals surface area contributed by atoms with Crippen LogP contribution < -0.4 is 10.6 Å². The van der Waals surface area contributed by atoms with Gasteiger partial charge in [0.2, 0.25) is 5.96 Å². The number of aliphatic imine (C=N–C) groups is 1.